The number of aromatic nitrogens is 2. The van der Waals surface area contributed by atoms with Gasteiger partial charge in [0.2, 0.25) is 0 Å². The van der Waals surface area contributed by atoms with E-state index in [1.54, 1.807) is 0 Å². The van der Waals surface area contributed by atoms with Gasteiger partial charge in [-0.25, -0.2) is 4.68 Å². The third kappa shape index (κ3) is 3.80. The van der Waals surface area contributed by atoms with Gasteiger partial charge in [0, 0.05) is 56.4 Å². The Morgan fingerprint density at radius 1 is 1.24 bits per heavy atom. The quantitative estimate of drug-likeness (QED) is 0.872. The summed E-state index contributed by atoms with van der Waals surface area (Å²) in [7, 11) is 0. The lowest BCUT2D eigenvalue weighted by molar-refractivity contribution is 0.122. The fraction of sp³-hybridized carbons (Fsp3) is 0.526. The molecule has 6 nitrogen and oxygen atoms in total. The standard InChI is InChI=1S/C19H27N5O/c1-15(20-12-16-13-21-19-6-7-22-24(19)14-16)17-2-4-18(5-3-17)23-8-10-25-11-9-23/h2-7,15-16,20-21H,8-14H2,1H3/t15-,16+/m1/s1. The molecule has 134 valence electrons. The van der Waals surface area contributed by atoms with Gasteiger partial charge in [0.25, 0.3) is 0 Å². The van der Waals surface area contributed by atoms with E-state index < -0.39 is 0 Å². The molecule has 2 N–H and O–H groups in total. The first-order valence-corrected chi connectivity index (χ1v) is 9.21. The summed E-state index contributed by atoms with van der Waals surface area (Å²) in [5.74, 6) is 1.69. The van der Waals surface area contributed by atoms with Gasteiger partial charge in [0.1, 0.15) is 5.82 Å². The lowest BCUT2D eigenvalue weighted by Crippen LogP contribution is -2.36. The molecule has 2 aromatic rings. The first-order valence-electron chi connectivity index (χ1n) is 9.21. The highest BCUT2D eigenvalue weighted by molar-refractivity contribution is 5.48. The summed E-state index contributed by atoms with van der Waals surface area (Å²) in [6, 6.07) is 11.3. The molecule has 0 saturated carbocycles. The van der Waals surface area contributed by atoms with Crippen LogP contribution in [0.15, 0.2) is 36.5 Å². The molecule has 0 aliphatic carbocycles. The molecule has 4 rings (SSSR count). The van der Waals surface area contributed by atoms with Crippen molar-refractivity contribution < 1.29 is 4.74 Å². The molecule has 1 fully saturated rings. The van der Waals surface area contributed by atoms with E-state index in [1.807, 2.05) is 12.3 Å². The van der Waals surface area contributed by atoms with Crippen molar-refractivity contribution in [3.05, 3.63) is 42.1 Å². The van der Waals surface area contributed by atoms with Gasteiger partial charge in [-0.1, -0.05) is 12.1 Å². The Labute approximate surface area is 149 Å². The average molecular weight is 341 g/mol. The highest BCUT2D eigenvalue weighted by atomic mass is 16.5. The minimum absolute atomic E-state index is 0.345. The number of anilines is 2. The lowest BCUT2D eigenvalue weighted by Gasteiger charge is -2.29. The second-order valence-corrected chi connectivity index (χ2v) is 6.97. The number of nitrogens with zero attached hydrogens (tertiary/aromatic N) is 3. The smallest absolute Gasteiger partial charge is 0.124 e. The van der Waals surface area contributed by atoms with Crippen LogP contribution >= 0.6 is 0 Å². The van der Waals surface area contributed by atoms with Crippen molar-refractivity contribution >= 4 is 11.5 Å². The maximum Gasteiger partial charge on any atom is 0.124 e. The van der Waals surface area contributed by atoms with Crippen LogP contribution in [0, 0.1) is 5.92 Å². The van der Waals surface area contributed by atoms with Crippen LogP contribution in [0.1, 0.15) is 18.5 Å². The van der Waals surface area contributed by atoms with E-state index in [0.29, 0.717) is 12.0 Å². The minimum Gasteiger partial charge on any atom is -0.378 e. The van der Waals surface area contributed by atoms with E-state index in [9.17, 15) is 0 Å². The summed E-state index contributed by atoms with van der Waals surface area (Å²) in [6.45, 7) is 8.82. The zero-order valence-electron chi connectivity index (χ0n) is 14.8. The van der Waals surface area contributed by atoms with Crippen molar-refractivity contribution in [3.8, 4) is 0 Å². The zero-order valence-corrected chi connectivity index (χ0v) is 14.8. The summed E-state index contributed by atoms with van der Waals surface area (Å²) in [4.78, 5) is 2.39. The van der Waals surface area contributed by atoms with Crippen LogP contribution in [-0.2, 0) is 11.3 Å². The number of benzene rings is 1. The molecule has 2 aliphatic rings. The molecular weight excluding hydrogens is 314 g/mol. The van der Waals surface area contributed by atoms with Crippen LogP contribution < -0.4 is 15.5 Å². The van der Waals surface area contributed by atoms with Crippen LogP contribution in [0.5, 0.6) is 0 Å². The molecule has 1 saturated heterocycles. The SMILES string of the molecule is C[C@@H](NC[C@H]1CNc2ccnn2C1)c1ccc(N2CCOCC2)cc1. The molecule has 0 spiro atoms. The number of morpholine rings is 1. The number of nitrogens with one attached hydrogen (secondary N) is 2. The summed E-state index contributed by atoms with van der Waals surface area (Å²) in [5.41, 5.74) is 2.63. The minimum atomic E-state index is 0.345. The van der Waals surface area contributed by atoms with Crippen molar-refractivity contribution in [1.29, 1.82) is 0 Å². The molecule has 6 heteroatoms. The fourth-order valence-corrected chi connectivity index (χ4v) is 3.58. The predicted molar refractivity (Wildman–Crippen MR) is 100 cm³/mol. The summed E-state index contributed by atoms with van der Waals surface area (Å²) < 4.78 is 7.48. The second kappa shape index (κ2) is 7.45. The highest BCUT2D eigenvalue weighted by Crippen LogP contribution is 2.21. The molecule has 2 aliphatic heterocycles. The van der Waals surface area contributed by atoms with Gasteiger partial charge in [0.15, 0.2) is 0 Å². The molecule has 25 heavy (non-hydrogen) atoms. The molecular formula is C19H27N5O. The Kier molecular flexibility index (Phi) is 4.90. The maximum absolute atomic E-state index is 5.43. The number of fused-ring (bicyclic) bond motifs is 1. The van der Waals surface area contributed by atoms with Gasteiger partial charge >= 0.3 is 0 Å². The van der Waals surface area contributed by atoms with Crippen molar-refractivity contribution in [3.63, 3.8) is 0 Å². The van der Waals surface area contributed by atoms with Crippen LogP contribution in [0.3, 0.4) is 0 Å². The maximum atomic E-state index is 5.43. The Bertz CT molecular complexity index is 677. The monoisotopic (exact) mass is 341 g/mol. The first-order chi connectivity index (χ1) is 12.3. The molecule has 1 aromatic heterocycles. The largest absolute Gasteiger partial charge is 0.378 e. The summed E-state index contributed by atoms with van der Waals surface area (Å²) in [6.07, 6.45) is 1.86. The Hall–Kier alpha value is -2.05. The molecule has 0 bridgehead atoms. The topological polar surface area (TPSA) is 54.4 Å². The van der Waals surface area contributed by atoms with E-state index in [2.05, 4.69) is 56.5 Å². The number of ether oxygens (including phenoxy) is 1. The molecule has 0 radical (unpaired) electrons. The van der Waals surface area contributed by atoms with Crippen LogP contribution in [0.4, 0.5) is 11.5 Å². The van der Waals surface area contributed by atoms with Gasteiger partial charge in [-0.05, 0) is 24.6 Å². The van der Waals surface area contributed by atoms with E-state index >= 15 is 0 Å². The van der Waals surface area contributed by atoms with Crippen molar-refractivity contribution in [2.45, 2.75) is 19.5 Å². The molecule has 1 aromatic carbocycles. The van der Waals surface area contributed by atoms with Gasteiger partial charge in [-0.2, -0.15) is 5.10 Å². The number of hydrogen-bond donors (Lipinski definition) is 2. The van der Waals surface area contributed by atoms with E-state index in [4.69, 9.17) is 4.74 Å². The molecule has 3 heterocycles. The Morgan fingerprint density at radius 2 is 2.04 bits per heavy atom. The third-order valence-corrected chi connectivity index (χ3v) is 5.20. The lowest BCUT2D eigenvalue weighted by atomic mass is 10.0. The van der Waals surface area contributed by atoms with Gasteiger partial charge in [-0.3, -0.25) is 0 Å². The Balaban J connectivity index is 1.30. The second-order valence-electron chi connectivity index (χ2n) is 6.97. The highest BCUT2D eigenvalue weighted by Gasteiger charge is 2.19. The van der Waals surface area contributed by atoms with Crippen molar-refractivity contribution in [1.82, 2.24) is 15.1 Å². The van der Waals surface area contributed by atoms with Crippen molar-refractivity contribution in [2.24, 2.45) is 5.92 Å². The van der Waals surface area contributed by atoms with E-state index in [0.717, 1.165) is 51.8 Å². The summed E-state index contributed by atoms with van der Waals surface area (Å²) in [5, 5.41) is 11.5. The van der Waals surface area contributed by atoms with Crippen molar-refractivity contribution in [2.75, 3.05) is 49.6 Å². The molecule has 2 atom stereocenters. The summed E-state index contributed by atoms with van der Waals surface area (Å²) >= 11 is 0. The van der Waals surface area contributed by atoms with Gasteiger partial charge in [-0.15, -0.1) is 0 Å². The third-order valence-electron chi connectivity index (χ3n) is 5.20. The molecule has 0 unspecified atom stereocenters. The zero-order chi connectivity index (χ0) is 17.1. The predicted octanol–water partition coefficient (Wildman–Crippen LogP) is 2.11. The normalized spacial score (nSPS) is 21.5. The van der Waals surface area contributed by atoms with Crippen LogP contribution in [0.2, 0.25) is 0 Å². The van der Waals surface area contributed by atoms with Crippen LogP contribution in [-0.4, -0.2) is 49.2 Å². The molecule has 0 amide bonds. The number of hydrogen-bond acceptors (Lipinski definition) is 5. The van der Waals surface area contributed by atoms with E-state index in [-0.39, 0.29) is 0 Å². The average Bonchev–Trinajstić information content (AvgIpc) is 3.15. The van der Waals surface area contributed by atoms with Crippen LogP contribution in [0.25, 0.3) is 0 Å². The fourth-order valence-electron chi connectivity index (χ4n) is 3.58. The Morgan fingerprint density at radius 3 is 2.84 bits per heavy atom. The number of rotatable bonds is 5. The van der Waals surface area contributed by atoms with E-state index in [1.165, 1.54) is 11.3 Å². The van der Waals surface area contributed by atoms with Gasteiger partial charge < -0.3 is 20.3 Å². The first kappa shape index (κ1) is 16.4. The van der Waals surface area contributed by atoms with Gasteiger partial charge in [0.05, 0.1) is 19.4 Å².